The molecule has 0 aliphatic heterocycles. The predicted octanol–water partition coefficient (Wildman–Crippen LogP) is 3.60. The first-order valence-corrected chi connectivity index (χ1v) is 7.15. The van der Waals surface area contributed by atoms with Gasteiger partial charge in [-0.05, 0) is 34.9 Å². The van der Waals surface area contributed by atoms with Gasteiger partial charge in [-0.2, -0.15) is 11.3 Å². The van der Waals surface area contributed by atoms with E-state index in [-0.39, 0.29) is 0 Å². The number of thiophene rings is 1. The van der Waals surface area contributed by atoms with Crippen LogP contribution in [0.15, 0.2) is 35.3 Å². The van der Waals surface area contributed by atoms with E-state index in [1.54, 1.807) is 11.3 Å². The summed E-state index contributed by atoms with van der Waals surface area (Å²) in [5, 5.41) is 7.66. The quantitative estimate of drug-likeness (QED) is 0.861. The summed E-state index contributed by atoms with van der Waals surface area (Å²) in [6, 6.07) is 4.31. The molecule has 3 nitrogen and oxygen atoms in total. The molecule has 2 aromatic heterocycles. The molecule has 2 aromatic rings. The molecule has 0 spiro atoms. The number of hydrogen-bond donors (Lipinski definition) is 1. The van der Waals surface area contributed by atoms with Gasteiger partial charge in [0.15, 0.2) is 0 Å². The maximum atomic E-state index is 4.29. The molecule has 1 N–H and O–H groups in total. The lowest BCUT2D eigenvalue weighted by Gasteiger charge is -2.19. The Balaban J connectivity index is 2.03. The van der Waals surface area contributed by atoms with Crippen LogP contribution in [0.1, 0.15) is 18.9 Å². The molecule has 0 saturated carbocycles. The third kappa shape index (κ3) is 3.47. The van der Waals surface area contributed by atoms with E-state index in [2.05, 4.69) is 52.1 Å². The molecule has 96 valence electrons. The lowest BCUT2D eigenvalue weighted by molar-refractivity contribution is 0.920. The van der Waals surface area contributed by atoms with Crippen molar-refractivity contribution in [3.63, 3.8) is 0 Å². The highest BCUT2D eigenvalue weighted by molar-refractivity contribution is 7.07. The average molecular weight is 261 g/mol. The monoisotopic (exact) mass is 261 g/mol. The van der Waals surface area contributed by atoms with Crippen molar-refractivity contribution in [2.24, 2.45) is 0 Å². The fraction of sp³-hybridized carbons (Fsp3) is 0.357. The number of nitrogens with zero attached hydrogens (tertiary/aromatic N) is 2. The third-order valence-corrected chi connectivity index (χ3v) is 3.48. The number of hydrogen-bond acceptors (Lipinski definition) is 4. The van der Waals surface area contributed by atoms with Gasteiger partial charge >= 0.3 is 0 Å². The van der Waals surface area contributed by atoms with Gasteiger partial charge in [-0.3, -0.25) is 4.98 Å². The Morgan fingerprint density at radius 1 is 1.39 bits per heavy atom. The van der Waals surface area contributed by atoms with Crippen LogP contribution in [0.3, 0.4) is 0 Å². The minimum atomic E-state index is 0.919. The molecule has 0 radical (unpaired) electrons. The van der Waals surface area contributed by atoms with Crippen LogP contribution < -0.4 is 10.2 Å². The topological polar surface area (TPSA) is 28.2 Å². The van der Waals surface area contributed by atoms with Gasteiger partial charge < -0.3 is 10.2 Å². The van der Waals surface area contributed by atoms with Crippen LogP contribution in [-0.4, -0.2) is 18.6 Å². The summed E-state index contributed by atoms with van der Waals surface area (Å²) in [6.07, 6.45) is 4.90. The lowest BCUT2D eigenvalue weighted by Crippen LogP contribution is -2.16. The molecule has 0 unspecified atom stereocenters. The molecule has 0 aliphatic rings. The fourth-order valence-electron chi connectivity index (χ4n) is 1.75. The molecule has 0 amide bonds. The summed E-state index contributed by atoms with van der Waals surface area (Å²) in [5.74, 6) is 0. The van der Waals surface area contributed by atoms with Crippen LogP contribution in [0.4, 0.5) is 11.4 Å². The molecular weight excluding hydrogens is 242 g/mol. The van der Waals surface area contributed by atoms with Gasteiger partial charge in [-0.15, -0.1) is 0 Å². The molecule has 0 aromatic carbocycles. The second kappa shape index (κ2) is 6.40. The van der Waals surface area contributed by atoms with E-state index >= 15 is 0 Å². The SMILES string of the molecule is CCCNc1cncc(N(C)Cc2ccsc2)c1. The number of rotatable bonds is 6. The van der Waals surface area contributed by atoms with E-state index in [0.29, 0.717) is 0 Å². The number of aromatic nitrogens is 1. The van der Waals surface area contributed by atoms with E-state index in [1.165, 1.54) is 5.56 Å². The van der Waals surface area contributed by atoms with Crippen LogP contribution >= 0.6 is 11.3 Å². The van der Waals surface area contributed by atoms with Gasteiger partial charge in [0.05, 0.1) is 23.8 Å². The Bertz CT molecular complexity index is 468. The first-order valence-electron chi connectivity index (χ1n) is 6.20. The first-order chi connectivity index (χ1) is 8.79. The van der Waals surface area contributed by atoms with Crippen LogP contribution in [-0.2, 0) is 6.54 Å². The fourth-order valence-corrected chi connectivity index (χ4v) is 2.41. The van der Waals surface area contributed by atoms with Crippen molar-refractivity contribution in [1.82, 2.24) is 4.98 Å². The largest absolute Gasteiger partial charge is 0.384 e. The summed E-state index contributed by atoms with van der Waals surface area (Å²) in [5.41, 5.74) is 3.57. The van der Waals surface area contributed by atoms with Crippen molar-refractivity contribution in [2.75, 3.05) is 23.8 Å². The van der Waals surface area contributed by atoms with Crippen molar-refractivity contribution >= 4 is 22.7 Å². The molecule has 0 atom stereocenters. The van der Waals surface area contributed by atoms with Gasteiger partial charge in [0.2, 0.25) is 0 Å². The maximum Gasteiger partial charge on any atom is 0.0573 e. The van der Waals surface area contributed by atoms with Crippen LogP contribution in [0.2, 0.25) is 0 Å². The van der Waals surface area contributed by atoms with Gasteiger partial charge in [0.1, 0.15) is 0 Å². The predicted molar refractivity (Wildman–Crippen MR) is 79.4 cm³/mol. The van der Waals surface area contributed by atoms with E-state index in [9.17, 15) is 0 Å². The Morgan fingerprint density at radius 3 is 3.00 bits per heavy atom. The highest BCUT2D eigenvalue weighted by atomic mass is 32.1. The highest BCUT2D eigenvalue weighted by Gasteiger charge is 2.04. The summed E-state index contributed by atoms with van der Waals surface area (Å²) >= 11 is 1.74. The van der Waals surface area contributed by atoms with E-state index in [4.69, 9.17) is 0 Å². The zero-order valence-electron chi connectivity index (χ0n) is 10.9. The molecule has 2 rings (SSSR count). The Labute approximate surface area is 112 Å². The molecule has 0 bridgehead atoms. The molecule has 18 heavy (non-hydrogen) atoms. The number of pyridine rings is 1. The maximum absolute atomic E-state index is 4.29. The second-order valence-corrected chi connectivity index (χ2v) is 5.13. The molecule has 2 heterocycles. The standard InChI is InChI=1S/C14H19N3S/c1-3-5-16-13-7-14(9-15-8-13)17(2)10-12-4-6-18-11-12/h4,6-9,11,16H,3,5,10H2,1-2H3. The van der Waals surface area contributed by atoms with E-state index < -0.39 is 0 Å². The summed E-state index contributed by atoms with van der Waals surface area (Å²) < 4.78 is 0. The molecular formula is C14H19N3S. The first kappa shape index (κ1) is 12.9. The Kier molecular flexibility index (Phi) is 4.59. The van der Waals surface area contributed by atoms with Gasteiger partial charge in [-0.25, -0.2) is 0 Å². The molecule has 0 fully saturated rings. The zero-order chi connectivity index (χ0) is 12.8. The average Bonchev–Trinajstić information content (AvgIpc) is 2.89. The summed E-state index contributed by atoms with van der Waals surface area (Å²) in [4.78, 5) is 6.50. The summed E-state index contributed by atoms with van der Waals surface area (Å²) in [7, 11) is 2.10. The summed E-state index contributed by atoms with van der Waals surface area (Å²) in [6.45, 7) is 4.06. The molecule has 0 aliphatic carbocycles. The van der Waals surface area contributed by atoms with E-state index in [0.717, 1.165) is 30.9 Å². The van der Waals surface area contributed by atoms with Crippen LogP contribution in [0, 0.1) is 0 Å². The zero-order valence-corrected chi connectivity index (χ0v) is 11.7. The van der Waals surface area contributed by atoms with Crippen molar-refractivity contribution in [3.05, 3.63) is 40.8 Å². The van der Waals surface area contributed by atoms with Crippen LogP contribution in [0.5, 0.6) is 0 Å². The van der Waals surface area contributed by atoms with Gasteiger partial charge in [0.25, 0.3) is 0 Å². The minimum Gasteiger partial charge on any atom is -0.384 e. The third-order valence-electron chi connectivity index (χ3n) is 2.74. The Morgan fingerprint density at radius 2 is 2.28 bits per heavy atom. The lowest BCUT2D eigenvalue weighted by atomic mass is 10.3. The van der Waals surface area contributed by atoms with Crippen molar-refractivity contribution < 1.29 is 0 Å². The smallest absolute Gasteiger partial charge is 0.0573 e. The molecule has 0 saturated heterocycles. The van der Waals surface area contributed by atoms with E-state index in [1.807, 2.05) is 12.4 Å². The van der Waals surface area contributed by atoms with Crippen LogP contribution in [0.25, 0.3) is 0 Å². The number of anilines is 2. The van der Waals surface area contributed by atoms with Crippen molar-refractivity contribution in [3.8, 4) is 0 Å². The number of nitrogens with one attached hydrogen (secondary N) is 1. The van der Waals surface area contributed by atoms with Crippen molar-refractivity contribution in [1.29, 1.82) is 0 Å². The van der Waals surface area contributed by atoms with Gasteiger partial charge in [-0.1, -0.05) is 6.92 Å². The minimum absolute atomic E-state index is 0.919. The second-order valence-electron chi connectivity index (χ2n) is 4.35. The normalized spacial score (nSPS) is 10.3. The van der Waals surface area contributed by atoms with Gasteiger partial charge in [0, 0.05) is 20.1 Å². The van der Waals surface area contributed by atoms with Crippen molar-refractivity contribution in [2.45, 2.75) is 19.9 Å². The highest BCUT2D eigenvalue weighted by Crippen LogP contribution is 2.19. The molecule has 4 heteroatoms. The Hall–Kier alpha value is -1.55.